The lowest BCUT2D eigenvalue weighted by molar-refractivity contribution is -0.191. The second-order valence-corrected chi connectivity index (χ2v) is 15.3. The van der Waals surface area contributed by atoms with E-state index in [1.54, 1.807) is 6.07 Å². The molecule has 8 nitrogen and oxygen atoms in total. The smallest absolute Gasteiger partial charge is 0.352 e. The van der Waals surface area contributed by atoms with Crippen LogP contribution in [0.3, 0.4) is 0 Å². The number of aromatic nitrogens is 1. The maximum absolute atomic E-state index is 13.4. The normalized spacial score (nSPS) is 14.8. The molecule has 0 saturated heterocycles. The van der Waals surface area contributed by atoms with Crippen molar-refractivity contribution in [2.75, 3.05) is 6.54 Å². The Balaban J connectivity index is 0.00000187. The lowest BCUT2D eigenvalue weighted by Crippen LogP contribution is -2.41. The lowest BCUT2D eigenvalue weighted by atomic mass is 9.85. The third-order valence-electron chi connectivity index (χ3n) is 7.26. The number of hydrogen-bond acceptors (Lipinski definition) is 5. The van der Waals surface area contributed by atoms with Gasteiger partial charge in [0, 0.05) is 30.0 Å². The highest BCUT2D eigenvalue weighted by atomic mass is 32.2. The van der Waals surface area contributed by atoms with Crippen LogP contribution in [0.4, 0.5) is 0 Å². The first-order chi connectivity index (χ1) is 18.9. The standard InChI is InChI=1S/C31H49N3O3S.CO2/c1-21(2)19-32-29(35)25-18-27(34(22(25)3)20-23-13-11-10-12-14-23)24-15-16-28(26(17-24)30(4,5)6)38(36,37)33-31(7,8)9;2-1-3/h15-18,21,23,33H,10-14,19-20H2,1-9H3,(H,32,35);. The van der Waals surface area contributed by atoms with Crippen LogP contribution in [0, 0.1) is 18.8 Å². The zero-order valence-electron chi connectivity index (χ0n) is 26.3. The van der Waals surface area contributed by atoms with Crippen LogP contribution in [-0.4, -0.2) is 37.1 Å². The molecule has 3 rings (SSSR count). The van der Waals surface area contributed by atoms with Crippen molar-refractivity contribution >= 4 is 22.1 Å². The van der Waals surface area contributed by atoms with Gasteiger partial charge in [0.1, 0.15) is 0 Å². The zero-order valence-corrected chi connectivity index (χ0v) is 27.1. The molecule has 2 N–H and O–H groups in total. The summed E-state index contributed by atoms with van der Waals surface area (Å²) in [5.74, 6) is 0.899. The maximum atomic E-state index is 13.4. The Bertz CT molecular complexity index is 1330. The van der Waals surface area contributed by atoms with E-state index in [2.05, 4.69) is 28.5 Å². The molecule has 0 bridgehead atoms. The fourth-order valence-electron chi connectivity index (χ4n) is 5.34. The molecule has 0 aliphatic heterocycles. The zero-order chi connectivity index (χ0) is 31.2. The quantitative estimate of drug-likeness (QED) is 0.381. The minimum Gasteiger partial charge on any atom is -0.352 e. The Morgan fingerprint density at radius 1 is 1.02 bits per heavy atom. The number of carbonyl (C=O) groups excluding carboxylic acids is 3. The fraction of sp³-hybridized carbons (Fsp3) is 0.625. The van der Waals surface area contributed by atoms with E-state index in [-0.39, 0.29) is 12.1 Å². The van der Waals surface area contributed by atoms with Crippen LogP contribution in [0.1, 0.15) is 109 Å². The predicted molar refractivity (Wildman–Crippen MR) is 162 cm³/mol. The van der Waals surface area contributed by atoms with Crippen molar-refractivity contribution in [2.24, 2.45) is 11.8 Å². The van der Waals surface area contributed by atoms with E-state index in [0.717, 1.165) is 29.1 Å². The van der Waals surface area contributed by atoms with Crippen molar-refractivity contribution in [3.8, 4) is 11.3 Å². The summed E-state index contributed by atoms with van der Waals surface area (Å²) in [5, 5.41) is 3.08. The molecule has 1 amide bonds. The Labute approximate surface area is 246 Å². The van der Waals surface area contributed by atoms with Crippen molar-refractivity contribution in [3.63, 3.8) is 0 Å². The molecule has 41 heavy (non-hydrogen) atoms. The van der Waals surface area contributed by atoms with E-state index in [0.29, 0.717) is 28.8 Å². The van der Waals surface area contributed by atoms with E-state index >= 15 is 0 Å². The molecule has 1 aromatic heterocycles. The number of nitrogens with one attached hydrogen (secondary N) is 2. The topological polar surface area (TPSA) is 114 Å². The second kappa shape index (κ2) is 14.0. The third-order valence-corrected chi connectivity index (χ3v) is 9.08. The van der Waals surface area contributed by atoms with Crippen LogP contribution in [-0.2, 0) is 31.6 Å². The second-order valence-electron chi connectivity index (χ2n) is 13.6. The highest BCUT2D eigenvalue weighted by molar-refractivity contribution is 7.89. The molecule has 2 aromatic rings. The molecule has 0 atom stereocenters. The summed E-state index contributed by atoms with van der Waals surface area (Å²) >= 11 is 0. The van der Waals surface area contributed by atoms with Gasteiger partial charge < -0.3 is 9.88 Å². The number of rotatable bonds is 8. The molecule has 228 valence electrons. The number of carbonyl (C=O) groups is 1. The average Bonchev–Trinajstić information content (AvgIpc) is 3.17. The van der Waals surface area contributed by atoms with Crippen LogP contribution < -0.4 is 10.0 Å². The fourth-order valence-corrected chi connectivity index (χ4v) is 7.16. The van der Waals surface area contributed by atoms with Crippen LogP contribution in [0.25, 0.3) is 11.3 Å². The van der Waals surface area contributed by atoms with Crippen LogP contribution in [0.15, 0.2) is 29.2 Å². The molecule has 1 saturated carbocycles. The SMILES string of the molecule is Cc1c(C(=O)NCC(C)C)cc(-c2ccc(S(=O)(=O)NC(C)(C)C)c(C(C)(C)C)c2)n1CC1CCCCC1.O=C=O. The first-order valence-corrected chi connectivity index (χ1v) is 16.1. The van der Waals surface area contributed by atoms with Gasteiger partial charge in [0.05, 0.1) is 10.5 Å². The molecular formula is C32H49N3O5S. The Morgan fingerprint density at radius 2 is 1.61 bits per heavy atom. The predicted octanol–water partition coefficient (Wildman–Crippen LogP) is 6.22. The Kier molecular flexibility index (Phi) is 11.7. The highest BCUT2D eigenvalue weighted by Gasteiger charge is 2.30. The maximum Gasteiger partial charge on any atom is 0.373 e. The summed E-state index contributed by atoms with van der Waals surface area (Å²) in [5.41, 5.74) is 3.35. The number of nitrogens with zero attached hydrogens (tertiary/aromatic N) is 1. The summed E-state index contributed by atoms with van der Waals surface area (Å²) in [7, 11) is -3.72. The van der Waals surface area contributed by atoms with E-state index in [4.69, 9.17) is 9.59 Å². The molecule has 1 aromatic carbocycles. The van der Waals surface area contributed by atoms with Gasteiger partial charge in [0.25, 0.3) is 5.91 Å². The van der Waals surface area contributed by atoms with Crippen LogP contribution in [0.5, 0.6) is 0 Å². The van der Waals surface area contributed by atoms with Crippen molar-refractivity contribution in [2.45, 2.75) is 117 Å². The van der Waals surface area contributed by atoms with Gasteiger partial charge >= 0.3 is 6.15 Å². The first-order valence-electron chi connectivity index (χ1n) is 14.6. The van der Waals surface area contributed by atoms with Crippen molar-refractivity contribution in [1.29, 1.82) is 0 Å². The molecule has 0 spiro atoms. The first kappa shape index (κ1) is 34.5. The van der Waals surface area contributed by atoms with Crippen molar-refractivity contribution < 1.29 is 22.8 Å². The van der Waals surface area contributed by atoms with Gasteiger partial charge in [-0.05, 0) is 87.1 Å². The monoisotopic (exact) mass is 587 g/mol. The van der Waals surface area contributed by atoms with E-state index in [1.807, 2.05) is 66.7 Å². The van der Waals surface area contributed by atoms with E-state index in [9.17, 15) is 13.2 Å². The Hall–Kier alpha value is -2.74. The van der Waals surface area contributed by atoms with E-state index in [1.165, 1.54) is 32.1 Å². The molecular weight excluding hydrogens is 538 g/mol. The summed E-state index contributed by atoms with van der Waals surface area (Å²) in [4.78, 5) is 29.7. The molecule has 0 unspecified atom stereocenters. The minimum atomic E-state index is -3.72. The summed E-state index contributed by atoms with van der Waals surface area (Å²) in [6.45, 7) is 19.4. The lowest BCUT2D eigenvalue weighted by Gasteiger charge is -2.27. The third kappa shape index (κ3) is 9.66. The number of amides is 1. The van der Waals surface area contributed by atoms with Gasteiger partial charge in [0.15, 0.2) is 0 Å². The molecule has 9 heteroatoms. The average molecular weight is 588 g/mol. The van der Waals surface area contributed by atoms with E-state index < -0.39 is 21.0 Å². The molecule has 1 aliphatic carbocycles. The van der Waals surface area contributed by atoms with Gasteiger partial charge in [-0.1, -0.05) is 59.9 Å². The number of hydrogen-bond donors (Lipinski definition) is 2. The van der Waals surface area contributed by atoms with Gasteiger partial charge in [-0.3, -0.25) is 4.79 Å². The molecule has 1 heterocycles. The van der Waals surface area contributed by atoms with Gasteiger partial charge in [-0.2, -0.15) is 9.59 Å². The molecule has 0 radical (unpaired) electrons. The van der Waals surface area contributed by atoms with Crippen molar-refractivity contribution in [1.82, 2.24) is 14.6 Å². The highest BCUT2D eigenvalue weighted by Crippen LogP contribution is 2.36. The molecule has 1 aliphatic rings. The summed E-state index contributed by atoms with van der Waals surface area (Å²) < 4.78 is 31.9. The van der Waals surface area contributed by atoms with Crippen molar-refractivity contribution in [3.05, 3.63) is 41.1 Å². The van der Waals surface area contributed by atoms with Gasteiger partial charge in [-0.25, -0.2) is 13.1 Å². The summed E-state index contributed by atoms with van der Waals surface area (Å²) in [6, 6.07) is 7.64. The summed E-state index contributed by atoms with van der Waals surface area (Å²) in [6.07, 6.45) is 6.46. The number of benzene rings is 1. The largest absolute Gasteiger partial charge is 0.373 e. The van der Waals surface area contributed by atoms with Crippen LogP contribution >= 0.6 is 0 Å². The van der Waals surface area contributed by atoms with Gasteiger partial charge in [0.2, 0.25) is 10.0 Å². The Morgan fingerprint density at radius 3 is 2.12 bits per heavy atom. The van der Waals surface area contributed by atoms with Crippen LogP contribution in [0.2, 0.25) is 0 Å². The number of sulfonamides is 1. The molecule has 1 fully saturated rings. The van der Waals surface area contributed by atoms with Gasteiger partial charge in [-0.15, -0.1) is 0 Å². The minimum absolute atomic E-state index is 0.0514.